The first-order valence-corrected chi connectivity index (χ1v) is 6.63. The lowest BCUT2D eigenvalue weighted by Gasteiger charge is -2.30. The molecule has 5 N–H and O–H groups in total. The molecule has 10 nitrogen and oxygen atoms in total. The summed E-state index contributed by atoms with van der Waals surface area (Å²) < 4.78 is 10.8. The number of aromatic nitrogens is 2. The van der Waals surface area contributed by atoms with Crippen LogP contribution in [0.2, 0.25) is 0 Å². The molecule has 1 aliphatic rings. The Balaban J connectivity index is 2.59. The van der Waals surface area contributed by atoms with Crippen molar-refractivity contribution >= 4 is 11.8 Å². The van der Waals surface area contributed by atoms with Crippen molar-refractivity contribution in [1.29, 1.82) is 0 Å². The van der Waals surface area contributed by atoms with Gasteiger partial charge in [0.05, 0.1) is 13.7 Å². The van der Waals surface area contributed by atoms with Gasteiger partial charge in [-0.2, -0.15) is 4.98 Å². The molecule has 2 heterocycles. The topological polar surface area (TPSA) is 157 Å². The van der Waals surface area contributed by atoms with Crippen LogP contribution in [0.5, 0.6) is 0 Å². The van der Waals surface area contributed by atoms with Crippen LogP contribution in [-0.2, 0) is 20.0 Å². The highest BCUT2D eigenvalue weighted by molar-refractivity contribution is 5.81. The smallest absolute Gasteiger partial charge is 0.352 e. The highest BCUT2D eigenvalue weighted by Gasteiger charge is 2.54. The van der Waals surface area contributed by atoms with Gasteiger partial charge in [-0.05, 0) is 12.1 Å². The molecule has 1 saturated heterocycles. The number of hydrogen-bond donors (Lipinski definition) is 4. The second kappa shape index (κ2) is 6.46. The number of nitrogens with zero attached hydrogens (tertiary/aromatic N) is 2. The number of aliphatic hydroxyl groups excluding tert-OH is 3. The molecule has 0 aromatic carbocycles. The van der Waals surface area contributed by atoms with E-state index in [1.807, 2.05) is 0 Å². The van der Waals surface area contributed by atoms with Gasteiger partial charge < -0.3 is 30.5 Å². The number of nitrogens with two attached hydrogens (primary N) is 1. The maximum atomic E-state index is 12.1. The predicted molar refractivity (Wildman–Crippen MR) is 76.0 cm³/mol. The molecular formula is C13H17N3O7. The molecule has 2 rings (SSSR count). The van der Waals surface area contributed by atoms with Crippen LogP contribution < -0.4 is 11.4 Å². The lowest BCUT2D eigenvalue weighted by Crippen LogP contribution is -2.49. The van der Waals surface area contributed by atoms with E-state index in [1.165, 1.54) is 12.3 Å². The Morgan fingerprint density at radius 2 is 2.30 bits per heavy atom. The Labute approximate surface area is 130 Å². The quantitative estimate of drug-likeness (QED) is 0.341. The molecule has 1 aromatic heterocycles. The number of ether oxygens (including phenoxy) is 2. The Bertz CT molecular complexity index is 674. The second-order valence-corrected chi connectivity index (χ2v) is 4.89. The van der Waals surface area contributed by atoms with Crippen LogP contribution in [-0.4, -0.2) is 62.9 Å². The van der Waals surface area contributed by atoms with Crippen molar-refractivity contribution in [2.75, 3.05) is 19.5 Å². The number of anilines is 1. The Kier molecular flexibility index (Phi) is 4.80. The molecular weight excluding hydrogens is 310 g/mol. The van der Waals surface area contributed by atoms with E-state index in [-0.39, 0.29) is 5.82 Å². The van der Waals surface area contributed by atoms with E-state index in [9.17, 15) is 24.9 Å². The zero-order chi connectivity index (χ0) is 17.2. The zero-order valence-corrected chi connectivity index (χ0v) is 12.2. The van der Waals surface area contributed by atoms with Crippen molar-refractivity contribution < 1.29 is 29.6 Å². The molecule has 0 unspecified atom stereocenters. The van der Waals surface area contributed by atoms with E-state index in [2.05, 4.69) is 9.72 Å². The van der Waals surface area contributed by atoms with Crippen molar-refractivity contribution in [3.05, 3.63) is 34.9 Å². The van der Waals surface area contributed by atoms with Crippen molar-refractivity contribution in [3.8, 4) is 0 Å². The fraction of sp³-hybridized carbons (Fsp3) is 0.462. The maximum Gasteiger partial charge on any atom is 0.352 e. The van der Waals surface area contributed by atoms with Gasteiger partial charge in [-0.1, -0.05) is 0 Å². The van der Waals surface area contributed by atoms with Gasteiger partial charge in [-0.25, -0.2) is 9.59 Å². The summed E-state index contributed by atoms with van der Waals surface area (Å²) >= 11 is 0. The van der Waals surface area contributed by atoms with Gasteiger partial charge in [0.2, 0.25) is 0 Å². The van der Waals surface area contributed by atoms with Crippen LogP contribution in [0.4, 0.5) is 5.82 Å². The first kappa shape index (κ1) is 17.1. The van der Waals surface area contributed by atoms with E-state index >= 15 is 0 Å². The van der Waals surface area contributed by atoms with Gasteiger partial charge in [-0.15, -0.1) is 0 Å². The molecule has 1 fully saturated rings. The summed E-state index contributed by atoms with van der Waals surface area (Å²) in [6, 6.07) is 1.28. The highest BCUT2D eigenvalue weighted by Crippen LogP contribution is 2.36. The maximum absolute atomic E-state index is 12.1. The summed E-state index contributed by atoms with van der Waals surface area (Å²) in [6.45, 7) is -0.608. The summed E-state index contributed by atoms with van der Waals surface area (Å²) in [5.74, 6) is -0.816. The van der Waals surface area contributed by atoms with E-state index < -0.39 is 42.3 Å². The zero-order valence-electron chi connectivity index (χ0n) is 12.2. The molecule has 0 bridgehead atoms. The predicted octanol–water partition coefficient (Wildman–Crippen LogP) is -2.68. The Morgan fingerprint density at radius 1 is 1.61 bits per heavy atom. The second-order valence-electron chi connectivity index (χ2n) is 4.89. The van der Waals surface area contributed by atoms with Crippen LogP contribution in [0.1, 0.15) is 0 Å². The monoisotopic (exact) mass is 327 g/mol. The molecule has 0 spiro atoms. The van der Waals surface area contributed by atoms with E-state index in [1.54, 1.807) is 0 Å². The van der Waals surface area contributed by atoms with Crippen LogP contribution >= 0.6 is 0 Å². The number of esters is 1. The lowest BCUT2D eigenvalue weighted by atomic mass is 10.0. The van der Waals surface area contributed by atoms with Crippen LogP contribution in [0, 0.1) is 0 Å². The number of hydrogen-bond acceptors (Lipinski definition) is 9. The molecule has 0 aliphatic carbocycles. The van der Waals surface area contributed by atoms with Gasteiger partial charge >= 0.3 is 11.7 Å². The highest BCUT2D eigenvalue weighted by atomic mass is 16.6. The van der Waals surface area contributed by atoms with Crippen molar-refractivity contribution in [1.82, 2.24) is 9.55 Å². The van der Waals surface area contributed by atoms with Gasteiger partial charge in [-0.3, -0.25) is 4.57 Å². The molecule has 0 saturated carbocycles. The van der Waals surface area contributed by atoms with Crippen LogP contribution in [0.3, 0.4) is 0 Å². The van der Waals surface area contributed by atoms with Crippen molar-refractivity contribution in [2.24, 2.45) is 0 Å². The fourth-order valence-corrected chi connectivity index (χ4v) is 2.33. The third-order valence-electron chi connectivity index (χ3n) is 3.51. The lowest BCUT2D eigenvalue weighted by molar-refractivity contribution is -0.136. The van der Waals surface area contributed by atoms with Crippen LogP contribution in [0.25, 0.3) is 0 Å². The summed E-state index contributed by atoms with van der Waals surface area (Å²) in [7, 11) is 1.15. The molecule has 0 radical (unpaired) electrons. The van der Waals surface area contributed by atoms with Gasteiger partial charge in [0, 0.05) is 12.3 Å². The average Bonchev–Trinajstić information content (AvgIpc) is 2.78. The third kappa shape index (κ3) is 2.97. The van der Waals surface area contributed by atoms with Gasteiger partial charge in [0.1, 0.15) is 24.1 Å². The minimum atomic E-state index is -1.95. The fourth-order valence-electron chi connectivity index (χ4n) is 2.33. The number of aliphatic hydroxyl groups is 3. The summed E-state index contributed by atoms with van der Waals surface area (Å²) in [5, 5.41) is 29.5. The molecule has 4 atom stereocenters. The first-order chi connectivity index (χ1) is 10.9. The number of carbonyl (C=O) groups is 1. The SMILES string of the molecule is COC(=O)C=C[C@@]1(n2ccc(N)nc2=O)O[C@H](CO)[C@@H](O)[C@H]1O. The number of methoxy groups -OCH3 is 1. The summed E-state index contributed by atoms with van der Waals surface area (Å²) in [4.78, 5) is 26.9. The Morgan fingerprint density at radius 3 is 2.83 bits per heavy atom. The summed E-state index contributed by atoms with van der Waals surface area (Å²) in [5.41, 5.74) is 2.60. The summed E-state index contributed by atoms with van der Waals surface area (Å²) in [6.07, 6.45) is -1.13. The minimum Gasteiger partial charge on any atom is -0.466 e. The molecule has 10 heteroatoms. The van der Waals surface area contributed by atoms with Crippen LogP contribution in [0.15, 0.2) is 29.2 Å². The molecule has 126 valence electrons. The van der Waals surface area contributed by atoms with E-state index in [0.717, 1.165) is 23.8 Å². The molecule has 1 aliphatic heterocycles. The minimum absolute atomic E-state index is 0.0508. The third-order valence-corrected chi connectivity index (χ3v) is 3.51. The first-order valence-electron chi connectivity index (χ1n) is 6.63. The molecule has 0 amide bonds. The van der Waals surface area contributed by atoms with Crippen molar-refractivity contribution in [2.45, 2.75) is 24.0 Å². The average molecular weight is 327 g/mol. The molecule has 23 heavy (non-hydrogen) atoms. The van der Waals surface area contributed by atoms with Gasteiger partial charge in [0.15, 0.2) is 5.72 Å². The number of rotatable bonds is 4. The largest absolute Gasteiger partial charge is 0.466 e. The van der Waals surface area contributed by atoms with Gasteiger partial charge in [0.25, 0.3) is 0 Å². The van der Waals surface area contributed by atoms with E-state index in [4.69, 9.17) is 10.5 Å². The number of carbonyl (C=O) groups excluding carboxylic acids is 1. The normalized spacial score (nSPS) is 30.7. The number of nitrogen functional groups attached to an aromatic ring is 1. The Hall–Kier alpha value is -2.27. The van der Waals surface area contributed by atoms with E-state index in [0.29, 0.717) is 0 Å². The standard InChI is InChI=1S/C13H17N3O7/c1-22-9(18)2-4-13(11(20)10(19)7(6-17)23-13)16-5-3-8(14)15-12(16)21/h2-5,7,10-11,17,19-20H,6H2,1H3,(H2,14,15,21)/t7-,10-,11-,13-/m1/s1. The van der Waals surface area contributed by atoms with Crippen molar-refractivity contribution in [3.63, 3.8) is 0 Å². The molecule has 1 aromatic rings.